The summed E-state index contributed by atoms with van der Waals surface area (Å²) < 4.78 is 13.3. The summed E-state index contributed by atoms with van der Waals surface area (Å²) in [6, 6.07) is 12.8. The highest BCUT2D eigenvalue weighted by Crippen LogP contribution is 2.23. The third-order valence-electron chi connectivity index (χ3n) is 2.92. The molecule has 0 unspecified atom stereocenters. The van der Waals surface area contributed by atoms with Crippen LogP contribution in [0, 0.1) is 5.82 Å². The number of hydrogen-bond donors (Lipinski definition) is 0. The van der Waals surface area contributed by atoms with E-state index in [0.29, 0.717) is 6.29 Å². The second kappa shape index (κ2) is 5.58. The molecular formula is C16H15FO. The normalized spacial score (nSPS) is 10.3. The van der Waals surface area contributed by atoms with Crippen LogP contribution in [-0.2, 0) is 6.42 Å². The van der Waals surface area contributed by atoms with Crippen molar-refractivity contribution in [3.8, 4) is 11.1 Å². The van der Waals surface area contributed by atoms with Crippen molar-refractivity contribution in [1.29, 1.82) is 0 Å². The minimum absolute atomic E-state index is 0.105. The maximum Gasteiger partial charge on any atom is 0.153 e. The summed E-state index contributed by atoms with van der Waals surface area (Å²) in [6.45, 7) is 2.13. The van der Waals surface area contributed by atoms with Crippen molar-refractivity contribution < 1.29 is 9.18 Å². The molecule has 92 valence electrons. The molecule has 0 aromatic heterocycles. The Balaban J connectivity index is 2.41. The molecule has 0 saturated carbocycles. The molecule has 0 amide bonds. The van der Waals surface area contributed by atoms with Crippen molar-refractivity contribution in [1.82, 2.24) is 0 Å². The Kier molecular flexibility index (Phi) is 3.88. The van der Waals surface area contributed by atoms with Gasteiger partial charge in [0.15, 0.2) is 6.29 Å². The minimum Gasteiger partial charge on any atom is -0.298 e. The molecule has 0 heterocycles. The zero-order valence-electron chi connectivity index (χ0n) is 10.3. The first-order valence-corrected chi connectivity index (χ1v) is 6.08. The van der Waals surface area contributed by atoms with Crippen LogP contribution in [-0.4, -0.2) is 6.29 Å². The van der Waals surface area contributed by atoms with E-state index in [0.717, 1.165) is 24.0 Å². The zero-order chi connectivity index (χ0) is 13.0. The van der Waals surface area contributed by atoms with Crippen LogP contribution in [0.2, 0.25) is 0 Å². The van der Waals surface area contributed by atoms with Crippen molar-refractivity contribution in [3.05, 3.63) is 59.4 Å². The van der Waals surface area contributed by atoms with E-state index in [2.05, 4.69) is 19.1 Å². The van der Waals surface area contributed by atoms with Gasteiger partial charge in [-0.15, -0.1) is 0 Å². The van der Waals surface area contributed by atoms with Gasteiger partial charge in [-0.3, -0.25) is 4.79 Å². The molecule has 2 heteroatoms. The lowest BCUT2D eigenvalue weighted by Gasteiger charge is -2.06. The maximum absolute atomic E-state index is 13.3. The van der Waals surface area contributed by atoms with Crippen LogP contribution >= 0.6 is 0 Å². The van der Waals surface area contributed by atoms with Gasteiger partial charge in [-0.25, -0.2) is 4.39 Å². The largest absolute Gasteiger partial charge is 0.298 e. The van der Waals surface area contributed by atoms with E-state index in [1.54, 1.807) is 12.1 Å². The molecule has 2 aromatic rings. The predicted octanol–water partition coefficient (Wildman–Crippen LogP) is 4.26. The van der Waals surface area contributed by atoms with Crippen LogP contribution in [0.5, 0.6) is 0 Å². The van der Waals surface area contributed by atoms with Crippen molar-refractivity contribution in [2.45, 2.75) is 19.8 Å². The van der Waals surface area contributed by atoms with Crippen molar-refractivity contribution in [2.24, 2.45) is 0 Å². The highest BCUT2D eigenvalue weighted by molar-refractivity contribution is 5.79. The molecule has 0 aliphatic carbocycles. The first-order valence-electron chi connectivity index (χ1n) is 6.08. The van der Waals surface area contributed by atoms with E-state index in [4.69, 9.17) is 0 Å². The van der Waals surface area contributed by atoms with Crippen molar-refractivity contribution in [3.63, 3.8) is 0 Å². The predicted molar refractivity (Wildman–Crippen MR) is 71.2 cm³/mol. The smallest absolute Gasteiger partial charge is 0.153 e. The van der Waals surface area contributed by atoms with Crippen molar-refractivity contribution >= 4 is 6.29 Å². The molecule has 0 radical (unpaired) electrons. The van der Waals surface area contributed by atoms with Gasteiger partial charge in [-0.1, -0.05) is 43.7 Å². The Labute approximate surface area is 106 Å². The number of aldehydes is 1. The summed E-state index contributed by atoms with van der Waals surface area (Å²) >= 11 is 0. The van der Waals surface area contributed by atoms with Crippen LogP contribution in [0.15, 0.2) is 42.5 Å². The van der Waals surface area contributed by atoms with E-state index in [-0.39, 0.29) is 5.56 Å². The first-order chi connectivity index (χ1) is 8.74. The van der Waals surface area contributed by atoms with Gasteiger partial charge in [0, 0.05) is 0 Å². The summed E-state index contributed by atoms with van der Waals surface area (Å²) in [5.41, 5.74) is 3.25. The number of carbonyl (C=O) groups excluding carboxylic acids is 1. The lowest BCUT2D eigenvalue weighted by Crippen LogP contribution is -1.90. The molecule has 0 atom stereocenters. The fraction of sp³-hybridized carbons (Fsp3) is 0.188. The SMILES string of the molecule is CCCc1cccc(-c2ccc(F)c(C=O)c2)c1. The first kappa shape index (κ1) is 12.5. The number of aryl methyl sites for hydroxylation is 1. The fourth-order valence-electron chi connectivity index (χ4n) is 2.01. The summed E-state index contributed by atoms with van der Waals surface area (Å²) in [5, 5.41) is 0. The van der Waals surface area contributed by atoms with E-state index in [9.17, 15) is 9.18 Å². The average Bonchev–Trinajstić information content (AvgIpc) is 2.40. The van der Waals surface area contributed by atoms with Gasteiger partial charge < -0.3 is 0 Å². The van der Waals surface area contributed by atoms with E-state index >= 15 is 0 Å². The van der Waals surface area contributed by atoms with Crippen LogP contribution in [0.4, 0.5) is 4.39 Å². The average molecular weight is 242 g/mol. The van der Waals surface area contributed by atoms with Gasteiger partial charge in [-0.2, -0.15) is 0 Å². The summed E-state index contributed by atoms with van der Waals surface area (Å²) in [5.74, 6) is -0.474. The van der Waals surface area contributed by atoms with Crippen LogP contribution < -0.4 is 0 Å². The molecule has 0 N–H and O–H groups in total. The fourth-order valence-corrected chi connectivity index (χ4v) is 2.01. The van der Waals surface area contributed by atoms with Gasteiger partial charge in [0.25, 0.3) is 0 Å². The topological polar surface area (TPSA) is 17.1 Å². The highest BCUT2D eigenvalue weighted by atomic mass is 19.1. The van der Waals surface area contributed by atoms with E-state index < -0.39 is 5.82 Å². The maximum atomic E-state index is 13.3. The Morgan fingerprint density at radius 3 is 2.61 bits per heavy atom. The molecule has 0 aliphatic rings. The molecule has 2 aromatic carbocycles. The Hall–Kier alpha value is -1.96. The number of hydrogen-bond acceptors (Lipinski definition) is 1. The van der Waals surface area contributed by atoms with Crippen LogP contribution in [0.3, 0.4) is 0 Å². The zero-order valence-corrected chi connectivity index (χ0v) is 10.3. The number of rotatable bonds is 4. The summed E-state index contributed by atoms with van der Waals surface area (Å²) in [7, 11) is 0. The Morgan fingerprint density at radius 2 is 1.89 bits per heavy atom. The number of carbonyl (C=O) groups is 1. The molecule has 0 aliphatic heterocycles. The van der Waals surface area contributed by atoms with Gasteiger partial charge in [-0.05, 0) is 35.2 Å². The molecule has 0 fully saturated rings. The van der Waals surface area contributed by atoms with E-state index in [1.807, 2.05) is 12.1 Å². The lowest BCUT2D eigenvalue weighted by atomic mass is 9.99. The molecule has 0 saturated heterocycles. The number of benzene rings is 2. The van der Waals surface area contributed by atoms with E-state index in [1.165, 1.54) is 11.6 Å². The summed E-state index contributed by atoms with van der Waals surface area (Å²) in [4.78, 5) is 10.7. The molecular weight excluding hydrogens is 227 g/mol. The lowest BCUT2D eigenvalue weighted by molar-refractivity contribution is 0.112. The molecule has 1 nitrogen and oxygen atoms in total. The van der Waals surface area contributed by atoms with Crippen molar-refractivity contribution in [2.75, 3.05) is 0 Å². The van der Waals surface area contributed by atoms with Gasteiger partial charge in [0.1, 0.15) is 5.82 Å². The standard InChI is InChI=1S/C16H15FO/c1-2-4-12-5-3-6-13(9-12)14-7-8-16(17)15(10-14)11-18/h3,5-11H,2,4H2,1H3. The molecule has 0 bridgehead atoms. The molecule has 0 spiro atoms. The minimum atomic E-state index is -0.474. The second-order valence-corrected chi connectivity index (χ2v) is 4.30. The Bertz CT molecular complexity index is 561. The molecule has 18 heavy (non-hydrogen) atoms. The number of halogens is 1. The van der Waals surface area contributed by atoms with Gasteiger partial charge in [0.2, 0.25) is 0 Å². The molecule has 2 rings (SSSR count). The second-order valence-electron chi connectivity index (χ2n) is 4.30. The third-order valence-corrected chi connectivity index (χ3v) is 2.92. The van der Waals surface area contributed by atoms with Crippen LogP contribution in [0.25, 0.3) is 11.1 Å². The van der Waals surface area contributed by atoms with Gasteiger partial charge >= 0.3 is 0 Å². The quantitative estimate of drug-likeness (QED) is 0.732. The highest BCUT2D eigenvalue weighted by Gasteiger charge is 2.04. The monoisotopic (exact) mass is 242 g/mol. The third kappa shape index (κ3) is 2.65. The Morgan fingerprint density at radius 1 is 1.11 bits per heavy atom. The van der Waals surface area contributed by atoms with Crippen LogP contribution in [0.1, 0.15) is 29.3 Å². The van der Waals surface area contributed by atoms with Gasteiger partial charge in [0.05, 0.1) is 5.56 Å². The summed E-state index contributed by atoms with van der Waals surface area (Å²) in [6.07, 6.45) is 2.66.